The minimum atomic E-state index is -1.16. The zero-order valence-electron chi connectivity index (χ0n) is 7.64. The maximum Gasteiger partial charge on any atom is 0.184 e. The molecule has 2 heterocycles. The first kappa shape index (κ1) is 9.36. The van der Waals surface area contributed by atoms with Crippen molar-refractivity contribution in [3.05, 3.63) is 0 Å². The van der Waals surface area contributed by atoms with E-state index >= 15 is 0 Å². The first-order valence-electron chi connectivity index (χ1n) is 4.33. The number of fused-ring (bicyclic) bond motifs is 1. The summed E-state index contributed by atoms with van der Waals surface area (Å²) in [7, 11) is 0. The Morgan fingerprint density at radius 2 is 2.00 bits per heavy atom. The second-order valence-electron chi connectivity index (χ2n) is 3.85. The zero-order chi connectivity index (χ0) is 9.64. The monoisotopic (exact) mass is 190 g/mol. The van der Waals surface area contributed by atoms with E-state index in [1.165, 1.54) is 0 Å². The van der Waals surface area contributed by atoms with E-state index in [1.54, 1.807) is 13.8 Å². The highest BCUT2D eigenvalue weighted by Gasteiger charge is 2.49. The molecule has 0 saturated carbocycles. The van der Waals surface area contributed by atoms with Gasteiger partial charge in [0.05, 0.1) is 6.61 Å². The summed E-state index contributed by atoms with van der Waals surface area (Å²) in [5.41, 5.74) is 0. The van der Waals surface area contributed by atoms with Crippen molar-refractivity contribution in [3.63, 3.8) is 0 Å². The van der Waals surface area contributed by atoms with Crippen molar-refractivity contribution in [1.82, 2.24) is 0 Å². The van der Waals surface area contributed by atoms with Gasteiger partial charge in [0, 0.05) is 0 Å². The van der Waals surface area contributed by atoms with Crippen molar-refractivity contribution in [2.75, 3.05) is 6.61 Å². The second kappa shape index (κ2) is 2.90. The molecule has 0 aromatic rings. The average Bonchev–Trinajstić information content (AvgIpc) is 2.29. The topological polar surface area (TPSA) is 68.2 Å². The molecule has 2 aliphatic heterocycles. The van der Waals surface area contributed by atoms with Gasteiger partial charge in [-0.05, 0) is 13.8 Å². The Morgan fingerprint density at radius 1 is 1.31 bits per heavy atom. The number of aliphatic hydroxyl groups is 2. The average molecular weight is 190 g/mol. The van der Waals surface area contributed by atoms with Crippen LogP contribution in [0, 0.1) is 0 Å². The maximum absolute atomic E-state index is 9.47. The third-order valence-corrected chi connectivity index (χ3v) is 2.32. The van der Waals surface area contributed by atoms with Crippen LogP contribution >= 0.6 is 0 Å². The Bertz CT molecular complexity index is 205. The number of rotatable bonds is 0. The van der Waals surface area contributed by atoms with Gasteiger partial charge >= 0.3 is 0 Å². The number of hydrogen-bond donors (Lipinski definition) is 2. The highest BCUT2D eigenvalue weighted by Crippen LogP contribution is 2.32. The van der Waals surface area contributed by atoms with E-state index in [9.17, 15) is 10.2 Å². The highest BCUT2D eigenvalue weighted by atomic mass is 16.8. The first-order valence-corrected chi connectivity index (χ1v) is 4.33. The molecule has 0 aliphatic carbocycles. The lowest BCUT2D eigenvalue weighted by atomic mass is 10.1. The summed E-state index contributed by atoms with van der Waals surface area (Å²) < 4.78 is 15.8. The molecule has 0 radical (unpaired) electrons. The smallest absolute Gasteiger partial charge is 0.184 e. The van der Waals surface area contributed by atoms with Gasteiger partial charge in [-0.2, -0.15) is 0 Å². The van der Waals surface area contributed by atoms with Crippen molar-refractivity contribution in [2.45, 2.75) is 44.2 Å². The van der Waals surface area contributed by atoms with Crippen LogP contribution in [0.1, 0.15) is 13.8 Å². The van der Waals surface area contributed by atoms with Gasteiger partial charge in [-0.15, -0.1) is 0 Å². The van der Waals surface area contributed by atoms with E-state index in [1.807, 2.05) is 0 Å². The van der Waals surface area contributed by atoms with E-state index in [4.69, 9.17) is 14.2 Å². The van der Waals surface area contributed by atoms with Gasteiger partial charge in [0.15, 0.2) is 12.1 Å². The predicted molar refractivity (Wildman–Crippen MR) is 41.8 cm³/mol. The van der Waals surface area contributed by atoms with Crippen LogP contribution in [-0.2, 0) is 14.2 Å². The molecule has 2 fully saturated rings. The van der Waals surface area contributed by atoms with Gasteiger partial charge in [0.1, 0.15) is 18.3 Å². The maximum atomic E-state index is 9.47. The number of hydrogen-bond acceptors (Lipinski definition) is 5. The Labute approximate surface area is 76.2 Å². The zero-order valence-corrected chi connectivity index (χ0v) is 7.64. The van der Waals surface area contributed by atoms with Crippen LogP contribution in [0.2, 0.25) is 0 Å². The normalized spacial score (nSPS) is 48.9. The Hall–Kier alpha value is -0.200. The molecule has 0 aromatic heterocycles. The second-order valence-corrected chi connectivity index (χ2v) is 3.85. The van der Waals surface area contributed by atoms with Gasteiger partial charge < -0.3 is 24.4 Å². The number of ether oxygens (including phenoxy) is 3. The van der Waals surface area contributed by atoms with Crippen LogP contribution in [-0.4, -0.2) is 47.2 Å². The van der Waals surface area contributed by atoms with Crippen LogP contribution in [0.5, 0.6) is 0 Å². The van der Waals surface area contributed by atoms with Crippen LogP contribution in [0.25, 0.3) is 0 Å². The summed E-state index contributed by atoms with van der Waals surface area (Å²) in [6, 6.07) is 0. The quantitative estimate of drug-likeness (QED) is 0.524. The van der Waals surface area contributed by atoms with Gasteiger partial charge in [0.25, 0.3) is 0 Å². The molecular formula is C8H14O5. The SMILES string of the molecule is CC1(C)OC[C@H]2O[C@H](O)[C@@H](O)[C@H]2O1. The summed E-state index contributed by atoms with van der Waals surface area (Å²) in [6.45, 7) is 3.87. The molecule has 4 atom stereocenters. The summed E-state index contributed by atoms with van der Waals surface area (Å²) in [5.74, 6) is -0.713. The standard InChI is InChI=1S/C8H14O5/c1-8(2)11-3-4-6(13-8)5(9)7(10)12-4/h4-7,9-10H,3H2,1-2H3/t4-,5+,6+,7+/m1/s1. The molecule has 2 saturated heterocycles. The van der Waals surface area contributed by atoms with Crippen molar-refractivity contribution in [1.29, 1.82) is 0 Å². The fourth-order valence-electron chi connectivity index (χ4n) is 1.64. The Morgan fingerprint density at radius 3 is 2.69 bits per heavy atom. The van der Waals surface area contributed by atoms with Gasteiger partial charge in [0.2, 0.25) is 0 Å². The molecule has 0 spiro atoms. The molecule has 2 rings (SSSR count). The van der Waals surface area contributed by atoms with Gasteiger partial charge in [-0.3, -0.25) is 0 Å². The van der Waals surface area contributed by atoms with Gasteiger partial charge in [-0.1, -0.05) is 0 Å². The van der Waals surface area contributed by atoms with Crippen LogP contribution in [0.4, 0.5) is 0 Å². The summed E-state index contributed by atoms with van der Waals surface area (Å²) >= 11 is 0. The summed E-state index contributed by atoms with van der Waals surface area (Å²) in [5, 5.41) is 18.7. The van der Waals surface area contributed by atoms with E-state index < -0.39 is 24.3 Å². The molecule has 0 bridgehead atoms. The minimum Gasteiger partial charge on any atom is -0.385 e. The van der Waals surface area contributed by atoms with Crippen molar-refractivity contribution >= 4 is 0 Å². The molecule has 2 N–H and O–H groups in total. The molecule has 5 heteroatoms. The lowest BCUT2D eigenvalue weighted by Gasteiger charge is -2.37. The van der Waals surface area contributed by atoms with Crippen molar-refractivity contribution in [3.8, 4) is 0 Å². The van der Waals surface area contributed by atoms with Crippen LogP contribution < -0.4 is 0 Å². The lowest BCUT2D eigenvalue weighted by molar-refractivity contribution is -0.300. The molecule has 0 unspecified atom stereocenters. The van der Waals surface area contributed by atoms with Crippen LogP contribution in [0.15, 0.2) is 0 Å². The molecule has 5 nitrogen and oxygen atoms in total. The molecule has 0 amide bonds. The van der Waals surface area contributed by atoms with Crippen molar-refractivity contribution in [2.24, 2.45) is 0 Å². The minimum absolute atomic E-state index is 0.339. The van der Waals surface area contributed by atoms with Crippen LogP contribution in [0.3, 0.4) is 0 Å². The van der Waals surface area contributed by atoms with E-state index in [2.05, 4.69) is 0 Å². The molecule has 76 valence electrons. The largest absolute Gasteiger partial charge is 0.385 e. The molecular weight excluding hydrogens is 176 g/mol. The predicted octanol–water partition coefficient (Wildman–Crippen LogP) is -0.784. The third kappa shape index (κ3) is 1.58. The number of aliphatic hydroxyl groups excluding tert-OH is 2. The third-order valence-electron chi connectivity index (χ3n) is 2.32. The fraction of sp³-hybridized carbons (Fsp3) is 1.00. The molecule has 13 heavy (non-hydrogen) atoms. The Kier molecular flexibility index (Phi) is 2.08. The highest BCUT2D eigenvalue weighted by molar-refractivity contribution is 4.90. The van der Waals surface area contributed by atoms with E-state index in [-0.39, 0.29) is 6.10 Å². The summed E-state index contributed by atoms with van der Waals surface area (Å²) in [6.07, 6.45) is -2.99. The van der Waals surface area contributed by atoms with Gasteiger partial charge in [-0.25, -0.2) is 0 Å². The first-order chi connectivity index (χ1) is 5.99. The summed E-state index contributed by atoms with van der Waals surface area (Å²) in [4.78, 5) is 0. The van der Waals surface area contributed by atoms with E-state index in [0.29, 0.717) is 6.61 Å². The Balaban J connectivity index is 2.09. The fourth-order valence-corrected chi connectivity index (χ4v) is 1.64. The lowest BCUT2D eigenvalue weighted by Crippen LogP contribution is -2.50. The van der Waals surface area contributed by atoms with Crippen molar-refractivity contribution < 1.29 is 24.4 Å². The molecule has 0 aromatic carbocycles. The van der Waals surface area contributed by atoms with E-state index in [0.717, 1.165) is 0 Å². The molecule has 2 aliphatic rings.